The van der Waals surface area contributed by atoms with E-state index in [0.717, 1.165) is 12.2 Å². The summed E-state index contributed by atoms with van der Waals surface area (Å²) in [6.45, 7) is 12.1. The molecule has 2 rings (SSSR count). The van der Waals surface area contributed by atoms with E-state index in [4.69, 9.17) is 5.73 Å². The van der Waals surface area contributed by atoms with Crippen LogP contribution in [0, 0.1) is 19.8 Å². The molecular formula is C15H23N2. The second-order valence-corrected chi connectivity index (χ2v) is 5.67. The van der Waals surface area contributed by atoms with Gasteiger partial charge in [0.25, 0.3) is 0 Å². The minimum absolute atomic E-state index is 0.701. The van der Waals surface area contributed by atoms with E-state index in [0.29, 0.717) is 5.92 Å². The Morgan fingerprint density at radius 2 is 1.76 bits per heavy atom. The zero-order valence-corrected chi connectivity index (χ0v) is 11.4. The lowest BCUT2D eigenvalue weighted by Gasteiger charge is -2.40. The van der Waals surface area contributed by atoms with E-state index in [1.54, 1.807) is 0 Å². The van der Waals surface area contributed by atoms with E-state index in [2.05, 4.69) is 44.7 Å². The number of hydrogen-bond acceptors (Lipinski definition) is 2. The lowest BCUT2D eigenvalue weighted by molar-refractivity contribution is 0.155. The maximum atomic E-state index is 5.99. The lowest BCUT2D eigenvalue weighted by atomic mass is 9.88. The van der Waals surface area contributed by atoms with Gasteiger partial charge in [0.15, 0.2) is 0 Å². The van der Waals surface area contributed by atoms with Gasteiger partial charge in [-0.3, -0.25) is 0 Å². The fourth-order valence-electron chi connectivity index (χ4n) is 2.60. The molecule has 2 nitrogen and oxygen atoms in total. The molecular weight excluding hydrogens is 208 g/mol. The van der Waals surface area contributed by atoms with Crippen LogP contribution in [-0.2, 0) is 0 Å². The van der Waals surface area contributed by atoms with E-state index in [-0.39, 0.29) is 0 Å². The fourth-order valence-corrected chi connectivity index (χ4v) is 2.60. The average Bonchev–Trinajstić information content (AvgIpc) is 2.18. The van der Waals surface area contributed by atoms with Gasteiger partial charge in [0.05, 0.1) is 0 Å². The summed E-state index contributed by atoms with van der Waals surface area (Å²) in [6, 6.07) is 4.51. The van der Waals surface area contributed by atoms with E-state index < -0.39 is 0 Å². The van der Waals surface area contributed by atoms with Crippen molar-refractivity contribution in [1.29, 1.82) is 0 Å². The van der Waals surface area contributed by atoms with Crippen molar-refractivity contribution < 1.29 is 0 Å². The number of hydrogen-bond donors (Lipinski definition) is 1. The highest BCUT2D eigenvalue weighted by atomic mass is 15.2. The molecule has 1 heterocycles. The number of nitrogen functional groups attached to an aromatic ring is 1. The highest BCUT2D eigenvalue weighted by Gasteiger charge is 2.28. The van der Waals surface area contributed by atoms with Crippen molar-refractivity contribution in [2.75, 3.05) is 25.4 Å². The number of rotatable bonds is 3. The molecule has 0 saturated carbocycles. The molecule has 1 aliphatic rings. The Morgan fingerprint density at radius 1 is 1.24 bits per heavy atom. The van der Waals surface area contributed by atoms with E-state index in [1.165, 1.54) is 35.7 Å². The van der Waals surface area contributed by atoms with Crippen molar-refractivity contribution in [1.82, 2.24) is 4.90 Å². The smallest absolute Gasteiger partial charge is 0.0373 e. The molecule has 2 N–H and O–H groups in total. The van der Waals surface area contributed by atoms with Gasteiger partial charge >= 0.3 is 0 Å². The molecule has 1 saturated heterocycles. The first-order valence-electron chi connectivity index (χ1n) is 6.35. The van der Waals surface area contributed by atoms with Crippen LogP contribution in [0.1, 0.15) is 36.5 Å². The zero-order chi connectivity index (χ0) is 12.6. The van der Waals surface area contributed by atoms with Crippen molar-refractivity contribution in [3.63, 3.8) is 0 Å². The first-order valence-corrected chi connectivity index (χ1v) is 6.35. The van der Waals surface area contributed by atoms with Gasteiger partial charge in [-0.25, -0.2) is 0 Å². The van der Waals surface area contributed by atoms with Crippen molar-refractivity contribution in [3.05, 3.63) is 34.7 Å². The van der Waals surface area contributed by atoms with Gasteiger partial charge in [-0.1, -0.05) is 26.0 Å². The highest BCUT2D eigenvalue weighted by Crippen LogP contribution is 2.31. The molecule has 17 heavy (non-hydrogen) atoms. The number of anilines is 1. The standard InChI is InChI=1S/C15H23N2/c1-10(2)7-17-8-14(9-17)13-5-11(3)15(16)12(4)6-13/h5-6,14H,7-9,16H2,1-4H3. The molecule has 0 bridgehead atoms. The molecule has 1 radical (unpaired) electrons. The Bertz CT molecular complexity index is 380. The van der Waals surface area contributed by atoms with Crippen LogP contribution in [0.4, 0.5) is 5.69 Å². The number of nitrogens with zero attached hydrogens (tertiary/aromatic N) is 1. The monoisotopic (exact) mass is 231 g/mol. The predicted molar refractivity (Wildman–Crippen MR) is 74.1 cm³/mol. The molecule has 0 aromatic heterocycles. The molecule has 2 heteroatoms. The van der Waals surface area contributed by atoms with Crippen molar-refractivity contribution in [2.24, 2.45) is 0 Å². The Labute approximate surface area is 105 Å². The second-order valence-electron chi connectivity index (χ2n) is 5.67. The maximum Gasteiger partial charge on any atom is 0.0373 e. The third kappa shape index (κ3) is 2.63. The summed E-state index contributed by atoms with van der Waals surface area (Å²) in [5.41, 5.74) is 10.8. The van der Waals surface area contributed by atoms with Crippen molar-refractivity contribution in [2.45, 2.75) is 33.6 Å². The molecule has 93 valence electrons. The number of benzene rings is 1. The van der Waals surface area contributed by atoms with Gasteiger partial charge in [0.1, 0.15) is 0 Å². The molecule has 0 atom stereocenters. The van der Waals surface area contributed by atoms with Crippen LogP contribution in [0.5, 0.6) is 0 Å². The van der Waals surface area contributed by atoms with E-state index in [1.807, 2.05) is 0 Å². The molecule has 0 unspecified atom stereocenters. The third-order valence-corrected chi connectivity index (χ3v) is 3.58. The van der Waals surface area contributed by atoms with Crippen LogP contribution >= 0.6 is 0 Å². The Kier molecular flexibility index (Phi) is 3.43. The quantitative estimate of drug-likeness (QED) is 0.810. The largest absolute Gasteiger partial charge is 0.398 e. The van der Waals surface area contributed by atoms with Crippen LogP contribution in [0.15, 0.2) is 12.1 Å². The minimum atomic E-state index is 0.701. The maximum absolute atomic E-state index is 5.99. The van der Waals surface area contributed by atoms with Gasteiger partial charge in [0.2, 0.25) is 0 Å². The van der Waals surface area contributed by atoms with Crippen molar-refractivity contribution >= 4 is 5.69 Å². The van der Waals surface area contributed by atoms with E-state index in [9.17, 15) is 0 Å². The summed E-state index contributed by atoms with van der Waals surface area (Å²) < 4.78 is 0. The van der Waals surface area contributed by atoms with Crippen LogP contribution in [-0.4, -0.2) is 24.5 Å². The first kappa shape index (κ1) is 12.4. The fraction of sp³-hybridized carbons (Fsp3) is 0.533. The predicted octanol–water partition coefficient (Wildman–Crippen LogP) is 2.90. The number of aryl methyl sites for hydroxylation is 2. The molecule has 1 aromatic carbocycles. The Morgan fingerprint density at radius 3 is 2.24 bits per heavy atom. The van der Waals surface area contributed by atoms with Crippen LogP contribution < -0.4 is 5.73 Å². The van der Waals surface area contributed by atoms with Crippen LogP contribution in [0.2, 0.25) is 0 Å². The summed E-state index contributed by atoms with van der Waals surface area (Å²) >= 11 is 0. The first-order chi connectivity index (χ1) is 7.97. The van der Waals surface area contributed by atoms with E-state index >= 15 is 0 Å². The van der Waals surface area contributed by atoms with Gasteiger partial charge in [-0.15, -0.1) is 0 Å². The second kappa shape index (κ2) is 4.69. The van der Waals surface area contributed by atoms with Gasteiger partial charge < -0.3 is 10.6 Å². The van der Waals surface area contributed by atoms with Crippen LogP contribution in [0.25, 0.3) is 0 Å². The third-order valence-electron chi connectivity index (χ3n) is 3.58. The summed E-state index contributed by atoms with van der Waals surface area (Å²) in [4.78, 5) is 2.50. The highest BCUT2D eigenvalue weighted by molar-refractivity contribution is 5.55. The van der Waals surface area contributed by atoms with Crippen molar-refractivity contribution in [3.8, 4) is 0 Å². The average molecular weight is 231 g/mol. The molecule has 1 aromatic rings. The summed E-state index contributed by atoms with van der Waals surface area (Å²) in [5.74, 6) is 2.19. The summed E-state index contributed by atoms with van der Waals surface area (Å²) in [7, 11) is 0. The molecule has 0 aliphatic carbocycles. The minimum Gasteiger partial charge on any atom is -0.398 e. The number of nitrogens with two attached hydrogens (primary N) is 1. The number of likely N-dealkylation sites (tertiary alicyclic amines) is 1. The SMILES string of the molecule is C[C](C)CN1CC(c2cc(C)c(N)c(C)c2)C1. The summed E-state index contributed by atoms with van der Waals surface area (Å²) in [5, 5.41) is 0. The Balaban J connectivity index is 2.02. The zero-order valence-electron chi connectivity index (χ0n) is 11.4. The topological polar surface area (TPSA) is 29.3 Å². The lowest BCUT2D eigenvalue weighted by Crippen LogP contribution is -2.46. The summed E-state index contributed by atoms with van der Waals surface area (Å²) in [6.07, 6.45) is 0. The molecule has 1 aliphatic heterocycles. The Hall–Kier alpha value is -1.02. The van der Waals surface area contributed by atoms with Gasteiger partial charge in [0, 0.05) is 31.2 Å². The van der Waals surface area contributed by atoms with Gasteiger partial charge in [-0.2, -0.15) is 0 Å². The molecule has 0 amide bonds. The molecule has 1 fully saturated rings. The van der Waals surface area contributed by atoms with Crippen LogP contribution in [0.3, 0.4) is 0 Å². The molecule has 0 spiro atoms. The van der Waals surface area contributed by atoms with Gasteiger partial charge in [-0.05, 0) is 36.5 Å². The normalized spacial score (nSPS) is 17.5.